The molecule has 0 saturated heterocycles. The fraction of sp³-hybridized carbons (Fsp3) is 0. The van der Waals surface area contributed by atoms with Gasteiger partial charge in [0.15, 0.2) is 5.58 Å². The van der Waals surface area contributed by atoms with Gasteiger partial charge in [0.1, 0.15) is 5.52 Å². The fourth-order valence-electron chi connectivity index (χ4n) is 7.78. The molecule has 0 aliphatic rings. The molecule has 0 N–H and O–H groups in total. The van der Waals surface area contributed by atoms with Gasteiger partial charge in [0, 0.05) is 47.8 Å². The molecule has 0 fully saturated rings. The van der Waals surface area contributed by atoms with Gasteiger partial charge in [0.25, 0.3) is 0 Å². The van der Waals surface area contributed by atoms with E-state index in [-0.39, 0.29) is 0 Å². The average molecular weight is 669 g/mol. The first kappa shape index (κ1) is 28.4. The van der Waals surface area contributed by atoms with Crippen molar-refractivity contribution in [2.24, 2.45) is 0 Å². The molecule has 0 bridgehead atoms. The van der Waals surface area contributed by atoms with E-state index in [9.17, 15) is 0 Å². The van der Waals surface area contributed by atoms with Crippen LogP contribution in [-0.4, -0.2) is 9.55 Å². The standard InChI is InChI=1S/C47H28N2OS/c1-2-12-35(13-3-1)49-41-16-8-6-14-36(41)39-27-33(24-25-42(39)49)30-18-21-31(22-19-30)47-48-40-28-38(34-23-20-29-10-4-5-11-32(29)26-34)46-44(45(40)50-47)37-15-7-9-17-43(37)51-46/h1-28H. The van der Waals surface area contributed by atoms with Gasteiger partial charge in [-0.2, -0.15) is 0 Å². The van der Waals surface area contributed by atoms with Crippen LogP contribution < -0.4 is 0 Å². The predicted molar refractivity (Wildman–Crippen MR) is 215 cm³/mol. The first-order chi connectivity index (χ1) is 25.3. The van der Waals surface area contributed by atoms with Crippen LogP contribution in [0.25, 0.3) is 103 Å². The van der Waals surface area contributed by atoms with Gasteiger partial charge in [-0.3, -0.25) is 0 Å². The number of hydrogen-bond acceptors (Lipinski definition) is 3. The van der Waals surface area contributed by atoms with Crippen LogP contribution in [0.3, 0.4) is 0 Å². The highest BCUT2D eigenvalue weighted by atomic mass is 32.1. The minimum absolute atomic E-state index is 0.630. The van der Waals surface area contributed by atoms with E-state index in [1.165, 1.54) is 64.1 Å². The molecule has 4 heteroatoms. The maximum Gasteiger partial charge on any atom is 0.227 e. The lowest BCUT2D eigenvalue weighted by Gasteiger charge is -2.08. The molecule has 11 aromatic rings. The van der Waals surface area contributed by atoms with E-state index in [0.717, 1.165) is 33.3 Å². The predicted octanol–water partition coefficient (Wildman–Crippen LogP) is 13.4. The largest absolute Gasteiger partial charge is 0.435 e. The molecule has 0 unspecified atom stereocenters. The third kappa shape index (κ3) is 4.40. The molecule has 3 nitrogen and oxygen atoms in total. The van der Waals surface area contributed by atoms with Crippen molar-refractivity contribution in [1.82, 2.24) is 9.55 Å². The molecule has 0 amide bonds. The van der Waals surface area contributed by atoms with Gasteiger partial charge in [-0.1, -0.05) is 109 Å². The lowest BCUT2D eigenvalue weighted by atomic mass is 9.99. The second kappa shape index (κ2) is 11.0. The molecular formula is C47H28N2OS. The van der Waals surface area contributed by atoms with E-state index >= 15 is 0 Å². The fourth-order valence-corrected chi connectivity index (χ4v) is 9.02. The zero-order valence-electron chi connectivity index (χ0n) is 27.4. The molecule has 0 atom stereocenters. The van der Waals surface area contributed by atoms with Crippen molar-refractivity contribution in [3.63, 3.8) is 0 Å². The Morgan fingerprint density at radius 3 is 2.06 bits per heavy atom. The summed E-state index contributed by atoms with van der Waals surface area (Å²) in [5.41, 5.74) is 10.9. The smallest absolute Gasteiger partial charge is 0.227 e. The lowest BCUT2D eigenvalue weighted by molar-refractivity contribution is 0.623. The molecule has 11 rings (SSSR count). The topological polar surface area (TPSA) is 31.0 Å². The molecule has 51 heavy (non-hydrogen) atoms. The first-order valence-corrected chi connectivity index (χ1v) is 18.0. The van der Waals surface area contributed by atoms with Crippen LogP contribution in [0.15, 0.2) is 174 Å². The number of hydrogen-bond donors (Lipinski definition) is 0. The molecule has 0 saturated carbocycles. The van der Waals surface area contributed by atoms with Crippen LogP contribution >= 0.6 is 11.3 Å². The zero-order chi connectivity index (χ0) is 33.5. The van der Waals surface area contributed by atoms with Crippen molar-refractivity contribution in [3.8, 4) is 39.4 Å². The van der Waals surface area contributed by atoms with Gasteiger partial charge in [-0.15, -0.1) is 11.3 Å². The van der Waals surface area contributed by atoms with Crippen molar-refractivity contribution in [2.45, 2.75) is 0 Å². The number of nitrogens with zero attached hydrogens (tertiary/aromatic N) is 2. The number of thiophene rings is 1. The van der Waals surface area contributed by atoms with Crippen molar-refractivity contribution in [2.75, 3.05) is 0 Å². The molecule has 0 aliphatic heterocycles. The van der Waals surface area contributed by atoms with Crippen LogP contribution in [0.4, 0.5) is 0 Å². The second-order valence-corrected chi connectivity index (χ2v) is 14.2. The highest BCUT2D eigenvalue weighted by Gasteiger charge is 2.20. The van der Waals surface area contributed by atoms with Gasteiger partial charge >= 0.3 is 0 Å². The summed E-state index contributed by atoms with van der Waals surface area (Å²) in [6.07, 6.45) is 0. The molecule has 0 spiro atoms. The average Bonchev–Trinajstić information content (AvgIpc) is 3.89. The number of benzene rings is 8. The van der Waals surface area contributed by atoms with E-state index in [4.69, 9.17) is 9.40 Å². The summed E-state index contributed by atoms with van der Waals surface area (Å²) >= 11 is 1.82. The summed E-state index contributed by atoms with van der Waals surface area (Å²) in [7, 11) is 0. The molecule has 8 aromatic carbocycles. The number of para-hydroxylation sites is 2. The lowest BCUT2D eigenvalue weighted by Crippen LogP contribution is -1.92. The maximum absolute atomic E-state index is 6.68. The van der Waals surface area contributed by atoms with Crippen LogP contribution in [-0.2, 0) is 0 Å². The Kier molecular flexibility index (Phi) is 6.12. The summed E-state index contributed by atoms with van der Waals surface area (Å²) in [6.45, 7) is 0. The van der Waals surface area contributed by atoms with Gasteiger partial charge in [0.2, 0.25) is 5.89 Å². The number of aromatic nitrogens is 2. The Hall–Kier alpha value is -6.49. The van der Waals surface area contributed by atoms with Gasteiger partial charge < -0.3 is 8.98 Å². The molecule has 3 aromatic heterocycles. The van der Waals surface area contributed by atoms with Gasteiger partial charge in [0.05, 0.1) is 11.0 Å². The summed E-state index contributed by atoms with van der Waals surface area (Å²) < 4.78 is 11.5. The third-order valence-corrected chi connectivity index (χ3v) is 11.4. The second-order valence-electron chi connectivity index (χ2n) is 13.2. The van der Waals surface area contributed by atoms with Gasteiger partial charge in [-0.05, 0) is 88.1 Å². The molecular weight excluding hydrogens is 641 g/mol. The molecule has 3 heterocycles. The first-order valence-electron chi connectivity index (χ1n) is 17.2. The Bertz CT molecular complexity index is 3130. The minimum Gasteiger partial charge on any atom is -0.435 e. The van der Waals surface area contributed by atoms with Crippen molar-refractivity contribution >= 4 is 75.2 Å². The van der Waals surface area contributed by atoms with Crippen molar-refractivity contribution in [3.05, 3.63) is 170 Å². The number of oxazole rings is 1. The normalized spacial score (nSPS) is 11.9. The summed E-state index contributed by atoms with van der Waals surface area (Å²) in [5.74, 6) is 0.630. The Morgan fingerprint density at radius 2 is 1.18 bits per heavy atom. The number of fused-ring (bicyclic) bond motifs is 9. The van der Waals surface area contributed by atoms with Crippen LogP contribution in [0.5, 0.6) is 0 Å². The van der Waals surface area contributed by atoms with Crippen LogP contribution in [0.1, 0.15) is 0 Å². The quantitative estimate of drug-likeness (QED) is 0.187. The molecule has 238 valence electrons. The van der Waals surface area contributed by atoms with Gasteiger partial charge in [-0.25, -0.2) is 4.98 Å². The van der Waals surface area contributed by atoms with E-state index < -0.39 is 0 Å². The Morgan fingerprint density at radius 1 is 0.490 bits per heavy atom. The third-order valence-electron chi connectivity index (χ3n) is 10.2. The van der Waals surface area contributed by atoms with E-state index in [1.54, 1.807) is 0 Å². The Labute approximate surface area is 297 Å². The van der Waals surface area contributed by atoms with Crippen molar-refractivity contribution < 1.29 is 4.42 Å². The van der Waals surface area contributed by atoms with Crippen LogP contribution in [0.2, 0.25) is 0 Å². The highest BCUT2D eigenvalue weighted by Crippen LogP contribution is 2.45. The van der Waals surface area contributed by atoms with E-state index in [2.05, 4.69) is 174 Å². The summed E-state index contributed by atoms with van der Waals surface area (Å²) in [4.78, 5) is 5.11. The van der Waals surface area contributed by atoms with Crippen molar-refractivity contribution in [1.29, 1.82) is 0 Å². The van der Waals surface area contributed by atoms with Crippen LogP contribution in [0, 0.1) is 0 Å². The maximum atomic E-state index is 6.68. The number of rotatable bonds is 4. The monoisotopic (exact) mass is 668 g/mol. The van der Waals surface area contributed by atoms with E-state index in [1.807, 2.05) is 11.3 Å². The SMILES string of the molecule is c1ccc(-n2c3ccccc3c3cc(-c4ccc(-c5nc6cc(-c7ccc8ccccc8c7)c7sc8ccccc8c7c6o5)cc4)ccc32)cc1. The Balaban J connectivity index is 1.03. The molecule has 0 aliphatic carbocycles. The highest BCUT2D eigenvalue weighted by molar-refractivity contribution is 7.26. The van der Waals surface area contributed by atoms with E-state index in [0.29, 0.717) is 5.89 Å². The zero-order valence-corrected chi connectivity index (χ0v) is 28.2. The minimum atomic E-state index is 0.630. The summed E-state index contributed by atoms with van der Waals surface area (Å²) in [5, 5.41) is 7.29. The molecule has 0 radical (unpaired) electrons. The summed E-state index contributed by atoms with van der Waals surface area (Å²) in [6, 6.07) is 60.7.